The minimum absolute atomic E-state index is 0. The van der Waals surface area contributed by atoms with Gasteiger partial charge in [-0.1, -0.05) is 45.7 Å². The van der Waals surface area contributed by atoms with Gasteiger partial charge in [0.15, 0.2) is 0 Å². The Balaban J connectivity index is 0. The predicted octanol–water partition coefficient (Wildman–Crippen LogP) is 5.68. The molecule has 1 saturated carbocycles. The number of aliphatic hydroxyl groups is 1. The molecule has 170 valence electrons. The molecule has 0 unspecified atom stereocenters. The Morgan fingerprint density at radius 2 is 2.00 bits per heavy atom. The average Bonchev–Trinajstić information content (AvgIpc) is 3.51. The zero-order valence-electron chi connectivity index (χ0n) is 19.3. The maximum absolute atomic E-state index is 13.6. The van der Waals surface area contributed by atoms with Crippen molar-refractivity contribution in [2.75, 3.05) is 20.3 Å². The normalized spacial score (nSPS) is 14.1. The second-order valence-corrected chi connectivity index (χ2v) is 8.70. The molecule has 0 radical (unpaired) electrons. The lowest BCUT2D eigenvalue weighted by atomic mass is 9.91. The van der Waals surface area contributed by atoms with E-state index in [0.717, 1.165) is 50.2 Å². The second kappa shape index (κ2) is 15.4. The first-order chi connectivity index (χ1) is 13.8. The van der Waals surface area contributed by atoms with E-state index in [1.165, 1.54) is 31.7 Å². The lowest BCUT2D eigenvalue weighted by Crippen LogP contribution is -2.16. The van der Waals surface area contributed by atoms with Crippen LogP contribution in [0.3, 0.4) is 0 Å². The highest BCUT2D eigenvalue weighted by Crippen LogP contribution is 2.34. The number of rotatable bonds is 10. The monoisotopic (exact) mass is 413 g/mol. The number of nitrogens with one attached hydrogen (secondary N) is 1. The molecule has 0 heterocycles. The van der Waals surface area contributed by atoms with Gasteiger partial charge in [-0.3, -0.25) is 4.79 Å². The number of carbonyl (C=O) groups excluding carboxylic acids is 1. The van der Waals surface area contributed by atoms with Gasteiger partial charge in [0.25, 0.3) is 0 Å². The molecule has 1 aromatic carbocycles. The highest BCUT2D eigenvalue weighted by molar-refractivity contribution is 5.47. The van der Waals surface area contributed by atoms with Gasteiger partial charge in [-0.05, 0) is 68.1 Å². The van der Waals surface area contributed by atoms with Crippen LogP contribution in [-0.2, 0) is 16.0 Å². The Bertz CT molecular complexity index is 560. The van der Waals surface area contributed by atoms with Gasteiger partial charge in [0.2, 0.25) is 6.41 Å². The molecule has 1 atom stereocenters. The second-order valence-electron chi connectivity index (χ2n) is 8.70. The summed E-state index contributed by atoms with van der Waals surface area (Å²) in [7, 11) is 1.00. The van der Waals surface area contributed by atoms with E-state index >= 15 is 0 Å². The molecule has 1 aromatic rings. The van der Waals surface area contributed by atoms with Crippen LogP contribution in [0.15, 0.2) is 18.2 Å². The first-order valence-electron chi connectivity index (χ1n) is 10.8. The molecule has 0 spiro atoms. The summed E-state index contributed by atoms with van der Waals surface area (Å²) in [5.41, 5.74) is 2.20. The molecule has 1 aliphatic rings. The van der Waals surface area contributed by atoms with Gasteiger partial charge in [-0.2, -0.15) is 0 Å². The lowest BCUT2D eigenvalue weighted by molar-refractivity contribution is -0.110. The summed E-state index contributed by atoms with van der Waals surface area (Å²) in [6.07, 6.45) is 7.60. The van der Waals surface area contributed by atoms with Gasteiger partial charge in [0.05, 0.1) is 6.04 Å². The minimum Gasteiger partial charge on any atom is -0.400 e. The maximum atomic E-state index is 13.6. The van der Waals surface area contributed by atoms with Crippen molar-refractivity contribution >= 4 is 6.41 Å². The first kappa shape index (κ1) is 27.5. The van der Waals surface area contributed by atoms with Crippen LogP contribution in [-0.4, -0.2) is 31.8 Å². The molecule has 1 amide bonds. The topological polar surface area (TPSA) is 58.6 Å². The van der Waals surface area contributed by atoms with E-state index in [9.17, 15) is 9.18 Å². The van der Waals surface area contributed by atoms with Crippen LogP contribution in [0.1, 0.15) is 85.3 Å². The van der Waals surface area contributed by atoms with Gasteiger partial charge in [-0.25, -0.2) is 4.39 Å². The molecular formula is C24H44FNO3. The van der Waals surface area contributed by atoms with Crippen molar-refractivity contribution in [1.29, 1.82) is 0 Å². The molecule has 2 rings (SSSR count). The molecule has 0 aromatic heterocycles. The molecule has 0 saturated heterocycles. The van der Waals surface area contributed by atoms with E-state index in [1.54, 1.807) is 6.07 Å². The van der Waals surface area contributed by atoms with Crippen LogP contribution in [0.25, 0.3) is 0 Å². The number of benzene rings is 1. The first-order valence-corrected chi connectivity index (χ1v) is 10.8. The summed E-state index contributed by atoms with van der Waals surface area (Å²) in [6, 6.07) is 5.05. The third-order valence-corrected chi connectivity index (χ3v) is 4.83. The average molecular weight is 414 g/mol. The van der Waals surface area contributed by atoms with E-state index in [2.05, 4.69) is 26.1 Å². The number of amides is 1. The number of ether oxygens (including phenoxy) is 1. The van der Waals surface area contributed by atoms with Crippen molar-refractivity contribution in [3.63, 3.8) is 0 Å². The zero-order chi connectivity index (χ0) is 22.3. The fourth-order valence-corrected chi connectivity index (χ4v) is 2.87. The fourth-order valence-electron chi connectivity index (χ4n) is 2.87. The molecule has 5 heteroatoms. The third-order valence-electron chi connectivity index (χ3n) is 4.83. The van der Waals surface area contributed by atoms with Crippen LogP contribution in [0.2, 0.25) is 0 Å². The number of aryl methyl sites for hydroxylation is 1. The number of halogens is 1. The van der Waals surface area contributed by atoms with Crippen molar-refractivity contribution in [2.24, 2.45) is 11.3 Å². The Hall–Kier alpha value is -1.46. The molecule has 0 aliphatic heterocycles. The van der Waals surface area contributed by atoms with Gasteiger partial charge < -0.3 is 15.2 Å². The Kier molecular flexibility index (Phi) is 14.6. The third kappa shape index (κ3) is 14.2. The molecule has 29 heavy (non-hydrogen) atoms. The fraction of sp³-hybridized carbons (Fsp3) is 0.708. The van der Waals surface area contributed by atoms with Crippen molar-refractivity contribution in [2.45, 2.75) is 79.2 Å². The smallest absolute Gasteiger partial charge is 0.207 e. The van der Waals surface area contributed by atoms with Gasteiger partial charge in [0.1, 0.15) is 5.82 Å². The van der Waals surface area contributed by atoms with Crippen LogP contribution in [0.4, 0.5) is 4.39 Å². The van der Waals surface area contributed by atoms with Crippen molar-refractivity contribution in [1.82, 2.24) is 5.32 Å². The van der Waals surface area contributed by atoms with Gasteiger partial charge >= 0.3 is 0 Å². The summed E-state index contributed by atoms with van der Waals surface area (Å²) in [4.78, 5) is 10.4. The summed E-state index contributed by atoms with van der Waals surface area (Å²) >= 11 is 0. The minimum atomic E-state index is -0.132. The number of carbonyl (C=O) groups is 1. The van der Waals surface area contributed by atoms with Crippen molar-refractivity contribution in [3.8, 4) is 0 Å². The Morgan fingerprint density at radius 1 is 1.34 bits per heavy atom. The van der Waals surface area contributed by atoms with E-state index in [1.807, 2.05) is 19.9 Å². The van der Waals surface area contributed by atoms with Crippen molar-refractivity contribution < 1.29 is 20.5 Å². The van der Waals surface area contributed by atoms with Crippen LogP contribution in [0, 0.1) is 17.2 Å². The zero-order valence-corrected chi connectivity index (χ0v) is 19.3. The molecule has 1 fully saturated rings. The SMILES string of the molecule is CCOCCCC(C)(C)C.CO.C[C@@H](NC=O)c1ccc(F)c(CCC2CC2)c1.[HH]. The van der Waals surface area contributed by atoms with E-state index in [4.69, 9.17) is 9.84 Å². The molecular weight excluding hydrogens is 369 g/mol. The Morgan fingerprint density at radius 3 is 2.52 bits per heavy atom. The number of aliphatic hydroxyl groups excluding tert-OH is 1. The van der Waals surface area contributed by atoms with Gasteiger partial charge in [0, 0.05) is 21.8 Å². The van der Waals surface area contributed by atoms with Gasteiger partial charge in [-0.15, -0.1) is 0 Å². The summed E-state index contributed by atoms with van der Waals surface area (Å²) in [6.45, 7) is 12.5. The van der Waals surface area contributed by atoms with Crippen LogP contribution < -0.4 is 5.32 Å². The highest BCUT2D eigenvalue weighted by atomic mass is 19.1. The quantitative estimate of drug-likeness (QED) is 0.383. The molecule has 0 bridgehead atoms. The van der Waals surface area contributed by atoms with Crippen LogP contribution >= 0.6 is 0 Å². The Labute approximate surface area is 178 Å². The van der Waals surface area contributed by atoms with Crippen molar-refractivity contribution in [3.05, 3.63) is 35.1 Å². The lowest BCUT2D eigenvalue weighted by Gasteiger charge is -2.17. The summed E-state index contributed by atoms with van der Waals surface area (Å²) in [5, 5.41) is 9.68. The molecule has 1 aliphatic carbocycles. The summed E-state index contributed by atoms with van der Waals surface area (Å²) < 4.78 is 18.8. The number of hydrogen-bond acceptors (Lipinski definition) is 3. The largest absolute Gasteiger partial charge is 0.400 e. The predicted molar refractivity (Wildman–Crippen MR) is 120 cm³/mol. The van der Waals surface area contributed by atoms with Crippen LogP contribution in [0.5, 0.6) is 0 Å². The standard InChI is InChI=1S/C14H18FNO.C9H20O.CH4O.H2/c1-10(16-9-17)12-6-7-14(15)13(8-12)5-4-11-2-3-11;1-5-10-8-6-7-9(2,3)4;1-2;/h6-11H,2-5H2,1H3,(H,16,17);5-8H2,1-4H3;2H,1H3;1H/t10-;;;/m1.../s1. The highest BCUT2D eigenvalue weighted by Gasteiger charge is 2.21. The molecule has 2 N–H and O–H groups in total. The number of hydrogen-bond donors (Lipinski definition) is 2. The van der Waals surface area contributed by atoms with E-state index in [-0.39, 0.29) is 13.3 Å². The molecule has 4 nitrogen and oxygen atoms in total. The van der Waals surface area contributed by atoms with E-state index in [0.29, 0.717) is 11.8 Å². The van der Waals surface area contributed by atoms with E-state index < -0.39 is 0 Å². The maximum Gasteiger partial charge on any atom is 0.207 e. The summed E-state index contributed by atoms with van der Waals surface area (Å²) in [5.74, 6) is 0.677.